The molecule has 0 amide bonds. The molecule has 0 aliphatic carbocycles. The van der Waals surface area contributed by atoms with Crippen LogP contribution in [0.5, 0.6) is 0 Å². The Hall–Kier alpha value is -1.62. The van der Waals surface area contributed by atoms with Crippen molar-refractivity contribution in [3.63, 3.8) is 0 Å². The summed E-state index contributed by atoms with van der Waals surface area (Å²) in [4.78, 5) is 4.21. The third-order valence-corrected chi connectivity index (χ3v) is 3.29. The van der Waals surface area contributed by atoms with Gasteiger partial charge >= 0.3 is 0 Å². The van der Waals surface area contributed by atoms with Gasteiger partial charge in [0.05, 0.1) is 11.0 Å². The summed E-state index contributed by atoms with van der Waals surface area (Å²) in [5, 5.41) is 0. The van der Waals surface area contributed by atoms with Gasteiger partial charge in [-0.2, -0.15) is 0 Å². The standard InChI is InChI=1S/C14H20FN3O/c1-10-8-13-12(9-11(10)15)17-14(16)18(13)6-4-3-5-7-19-2/h8-9H,3-7H2,1-2H3,(H2,16,17). The van der Waals surface area contributed by atoms with E-state index in [0.717, 1.165) is 37.9 Å². The maximum absolute atomic E-state index is 13.5. The van der Waals surface area contributed by atoms with Gasteiger partial charge in [0.2, 0.25) is 5.95 Å². The third-order valence-electron chi connectivity index (χ3n) is 3.29. The number of unbranched alkanes of at least 4 members (excludes halogenated alkanes) is 2. The van der Waals surface area contributed by atoms with Gasteiger partial charge in [-0.05, 0) is 37.8 Å². The summed E-state index contributed by atoms with van der Waals surface area (Å²) in [6.45, 7) is 3.34. The minimum Gasteiger partial charge on any atom is -0.385 e. The lowest BCUT2D eigenvalue weighted by Crippen LogP contribution is -2.04. The van der Waals surface area contributed by atoms with Gasteiger partial charge < -0.3 is 15.0 Å². The van der Waals surface area contributed by atoms with Crippen LogP contribution in [0.2, 0.25) is 0 Å². The minimum atomic E-state index is -0.239. The highest BCUT2D eigenvalue weighted by Gasteiger charge is 2.10. The van der Waals surface area contributed by atoms with Crippen LogP contribution in [0.3, 0.4) is 0 Å². The maximum atomic E-state index is 13.5. The summed E-state index contributed by atoms with van der Waals surface area (Å²) in [6, 6.07) is 3.26. The Bertz CT molecular complexity index is 565. The zero-order valence-electron chi connectivity index (χ0n) is 11.4. The number of aryl methyl sites for hydroxylation is 2. The molecule has 1 heterocycles. The first kappa shape index (κ1) is 13.8. The molecule has 1 aromatic heterocycles. The van der Waals surface area contributed by atoms with Crippen molar-refractivity contribution in [1.82, 2.24) is 9.55 Å². The number of imidazole rings is 1. The van der Waals surface area contributed by atoms with E-state index in [-0.39, 0.29) is 5.82 Å². The fourth-order valence-corrected chi connectivity index (χ4v) is 2.20. The van der Waals surface area contributed by atoms with E-state index in [1.807, 2.05) is 10.6 Å². The number of fused-ring (bicyclic) bond motifs is 1. The Labute approximate surface area is 112 Å². The normalized spacial score (nSPS) is 11.3. The molecular weight excluding hydrogens is 245 g/mol. The fraction of sp³-hybridized carbons (Fsp3) is 0.500. The number of hydrogen-bond acceptors (Lipinski definition) is 3. The van der Waals surface area contributed by atoms with E-state index in [9.17, 15) is 4.39 Å². The number of benzene rings is 1. The number of hydrogen-bond donors (Lipinski definition) is 1. The Balaban J connectivity index is 2.13. The molecule has 0 spiro atoms. The van der Waals surface area contributed by atoms with E-state index in [2.05, 4.69) is 4.98 Å². The molecule has 0 radical (unpaired) electrons. The van der Waals surface area contributed by atoms with E-state index < -0.39 is 0 Å². The van der Waals surface area contributed by atoms with Crippen LogP contribution < -0.4 is 5.73 Å². The highest BCUT2D eigenvalue weighted by molar-refractivity contribution is 5.79. The number of rotatable bonds is 6. The van der Waals surface area contributed by atoms with Crippen molar-refractivity contribution < 1.29 is 9.13 Å². The SMILES string of the molecule is COCCCCCn1c(N)nc2cc(F)c(C)cc21. The topological polar surface area (TPSA) is 53.1 Å². The van der Waals surface area contributed by atoms with Crippen LogP contribution in [-0.4, -0.2) is 23.3 Å². The predicted molar refractivity (Wildman–Crippen MR) is 74.6 cm³/mol. The monoisotopic (exact) mass is 265 g/mol. The number of nitrogens with two attached hydrogens (primary N) is 1. The minimum absolute atomic E-state index is 0.239. The molecule has 0 aliphatic heterocycles. The van der Waals surface area contributed by atoms with E-state index in [4.69, 9.17) is 10.5 Å². The zero-order chi connectivity index (χ0) is 13.8. The van der Waals surface area contributed by atoms with Crippen LogP contribution >= 0.6 is 0 Å². The van der Waals surface area contributed by atoms with Crippen LogP contribution in [0, 0.1) is 12.7 Å². The molecule has 0 atom stereocenters. The molecule has 0 fully saturated rings. The Morgan fingerprint density at radius 2 is 2.11 bits per heavy atom. The van der Waals surface area contributed by atoms with E-state index in [0.29, 0.717) is 17.0 Å². The molecule has 2 N–H and O–H groups in total. The molecule has 19 heavy (non-hydrogen) atoms. The van der Waals surface area contributed by atoms with Crippen molar-refractivity contribution >= 4 is 17.0 Å². The second-order valence-electron chi connectivity index (χ2n) is 4.77. The van der Waals surface area contributed by atoms with Crippen molar-refractivity contribution in [1.29, 1.82) is 0 Å². The molecule has 2 rings (SSSR count). The third kappa shape index (κ3) is 3.04. The van der Waals surface area contributed by atoms with Crippen molar-refractivity contribution in [2.45, 2.75) is 32.7 Å². The molecule has 104 valence electrons. The molecule has 4 nitrogen and oxygen atoms in total. The summed E-state index contributed by atoms with van der Waals surface area (Å²) >= 11 is 0. The summed E-state index contributed by atoms with van der Waals surface area (Å²) in [6.07, 6.45) is 3.12. The average Bonchev–Trinajstić information content (AvgIpc) is 2.66. The number of nitrogens with zero attached hydrogens (tertiary/aromatic N) is 2. The fourth-order valence-electron chi connectivity index (χ4n) is 2.20. The predicted octanol–water partition coefficient (Wildman–Crippen LogP) is 2.88. The van der Waals surface area contributed by atoms with Crippen LogP contribution in [-0.2, 0) is 11.3 Å². The lowest BCUT2D eigenvalue weighted by Gasteiger charge is -2.07. The van der Waals surface area contributed by atoms with E-state index in [1.165, 1.54) is 6.07 Å². The number of anilines is 1. The molecule has 1 aromatic carbocycles. The van der Waals surface area contributed by atoms with Crippen molar-refractivity contribution in [3.05, 3.63) is 23.5 Å². The zero-order valence-corrected chi connectivity index (χ0v) is 11.4. The molecule has 0 unspecified atom stereocenters. The average molecular weight is 265 g/mol. The van der Waals surface area contributed by atoms with Crippen molar-refractivity contribution in [2.75, 3.05) is 19.5 Å². The Morgan fingerprint density at radius 1 is 1.32 bits per heavy atom. The summed E-state index contributed by atoms with van der Waals surface area (Å²) in [7, 11) is 1.71. The molecule has 0 saturated heterocycles. The van der Waals surface area contributed by atoms with Gasteiger partial charge in [0.1, 0.15) is 5.82 Å². The van der Waals surface area contributed by atoms with E-state index >= 15 is 0 Å². The van der Waals surface area contributed by atoms with Gasteiger partial charge in [-0.3, -0.25) is 0 Å². The smallest absolute Gasteiger partial charge is 0.201 e. The summed E-state index contributed by atoms with van der Waals surface area (Å²) in [5.74, 6) is 0.212. The van der Waals surface area contributed by atoms with Gasteiger partial charge in [0.15, 0.2) is 0 Å². The Kier molecular flexibility index (Phi) is 4.37. The largest absolute Gasteiger partial charge is 0.385 e. The first-order chi connectivity index (χ1) is 9.13. The molecule has 5 heteroatoms. The van der Waals surface area contributed by atoms with Gasteiger partial charge in [-0.1, -0.05) is 0 Å². The number of halogens is 1. The lowest BCUT2D eigenvalue weighted by molar-refractivity contribution is 0.191. The highest BCUT2D eigenvalue weighted by Crippen LogP contribution is 2.22. The molecule has 0 saturated carbocycles. The van der Waals surface area contributed by atoms with Crippen molar-refractivity contribution in [2.24, 2.45) is 0 Å². The maximum Gasteiger partial charge on any atom is 0.201 e. The van der Waals surface area contributed by atoms with Gasteiger partial charge in [-0.15, -0.1) is 0 Å². The van der Waals surface area contributed by atoms with Gasteiger partial charge in [-0.25, -0.2) is 9.37 Å². The molecule has 0 aliphatic rings. The van der Waals surface area contributed by atoms with Gasteiger partial charge in [0, 0.05) is 26.3 Å². The van der Waals surface area contributed by atoms with Crippen LogP contribution in [0.1, 0.15) is 24.8 Å². The molecular formula is C14H20FN3O. The second kappa shape index (κ2) is 6.02. The number of ether oxygens (including phenoxy) is 1. The lowest BCUT2D eigenvalue weighted by atomic mass is 10.2. The summed E-state index contributed by atoms with van der Waals surface area (Å²) in [5.41, 5.74) is 8.05. The first-order valence-electron chi connectivity index (χ1n) is 6.54. The molecule has 0 bridgehead atoms. The number of nitrogen functional groups attached to an aromatic ring is 1. The molecule has 2 aromatic rings. The first-order valence-corrected chi connectivity index (χ1v) is 6.54. The van der Waals surface area contributed by atoms with Crippen LogP contribution in [0.25, 0.3) is 11.0 Å². The van der Waals surface area contributed by atoms with E-state index in [1.54, 1.807) is 14.0 Å². The Morgan fingerprint density at radius 3 is 2.84 bits per heavy atom. The quantitative estimate of drug-likeness (QED) is 0.817. The van der Waals surface area contributed by atoms with Gasteiger partial charge in [0.25, 0.3) is 0 Å². The number of methoxy groups -OCH3 is 1. The second-order valence-corrected chi connectivity index (χ2v) is 4.77. The van der Waals surface area contributed by atoms with Crippen LogP contribution in [0.4, 0.5) is 10.3 Å². The number of aromatic nitrogens is 2. The van der Waals surface area contributed by atoms with Crippen molar-refractivity contribution in [3.8, 4) is 0 Å². The van der Waals surface area contributed by atoms with Crippen LogP contribution in [0.15, 0.2) is 12.1 Å². The highest BCUT2D eigenvalue weighted by atomic mass is 19.1. The summed E-state index contributed by atoms with van der Waals surface area (Å²) < 4.78 is 20.4.